The van der Waals surface area contributed by atoms with Gasteiger partial charge in [-0.1, -0.05) is 29.4 Å². The van der Waals surface area contributed by atoms with Crippen molar-refractivity contribution in [2.75, 3.05) is 12.0 Å². The van der Waals surface area contributed by atoms with E-state index in [0.29, 0.717) is 26.2 Å². The Bertz CT molecular complexity index is 698. The molecule has 108 valence electrons. The van der Waals surface area contributed by atoms with Crippen molar-refractivity contribution < 1.29 is 4.39 Å². The van der Waals surface area contributed by atoms with Crippen molar-refractivity contribution in [2.45, 2.75) is 15.8 Å². The lowest BCUT2D eigenvalue weighted by Crippen LogP contribution is -2.01. The normalized spacial score (nSPS) is 10.4. The maximum atomic E-state index is 13.7. The quantitative estimate of drug-likeness (QED) is 0.675. The lowest BCUT2D eigenvalue weighted by Gasteiger charge is -2.08. The van der Waals surface area contributed by atoms with E-state index in [1.54, 1.807) is 18.4 Å². The molecule has 2 rings (SSSR count). The fourth-order valence-corrected chi connectivity index (χ4v) is 3.52. The van der Waals surface area contributed by atoms with Gasteiger partial charge in [-0.05, 0) is 18.4 Å². The Labute approximate surface area is 134 Å². The Kier molecular flexibility index (Phi) is 5.28. The molecular formula is C13H10ClFN4S2. The molecule has 1 heterocycles. The number of nitriles is 1. The minimum atomic E-state index is -0.388. The van der Waals surface area contributed by atoms with Crippen LogP contribution in [0.15, 0.2) is 28.3 Å². The van der Waals surface area contributed by atoms with Gasteiger partial charge in [0.1, 0.15) is 27.5 Å². The molecule has 0 amide bonds. The standard InChI is InChI=1S/C13H10ClFN4S2/c1-20-11-7(5-16)12(19-13(17)18-11)21-6-8-9(14)3-2-4-10(8)15/h2-4H,6H2,1H3,(H2,17,18,19). The number of halogens is 2. The van der Waals surface area contributed by atoms with Crippen molar-refractivity contribution in [1.82, 2.24) is 9.97 Å². The van der Waals surface area contributed by atoms with E-state index in [4.69, 9.17) is 17.3 Å². The molecule has 0 aliphatic rings. The number of hydrogen-bond donors (Lipinski definition) is 1. The third-order valence-electron chi connectivity index (χ3n) is 2.58. The summed E-state index contributed by atoms with van der Waals surface area (Å²) < 4.78 is 13.7. The summed E-state index contributed by atoms with van der Waals surface area (Å²) in [5.41, 5.74) is 6.34. The molecule has 0 saturated heterocycles. The highest BCUT2D eigenvalue weighted by Crippen LogP contribution is 2.32. The van der Waals surface area contributed by atoms with E-state index in [0.717, 1.165) is 0 Å². The molecule has 4 nitrogen and oxygen atoms in total. The monoisotopic (exact) mass is 340 g/mol. The highest BCUT2D eigenvalue weighted by atomic mass is 35.5. The Morgan fingerprint density at radius 1 is 1.38 bits per heavy atom. The van der Waals surface area contributed by atoms with E-state index in [9.17, 15) is 9.65 Å². The first-order chi connectivity index (χ1) is 10.1. The molecule has 0 unspecified atom stereocenters. The zero-order valence-electron chi connectivity index (χ0n) is 10.9. The van der Waals surface area contributed by atoms with Crippen molar-refractivity contribution >= 4 is 41.1 Å². The second kappa shape index (κ2) is 6.98. The summed E-state index contributed by atoms with van der Waals surface area (Å²) >= 11 is 8.49. The molecule has 2 aromatic rings. The lowest BCUT2D eigenvalue weighted by molar-refractivity contribution is 0.617. The molecule has 0 aliphatic heterocycles. The second-order valence-electron chi connectivity index (χ2n) is 3.87. The van der Waals surface area contributed by atoms with Gasteiger partial charge in [0.25, 0.3) is 0 Å². The second-order valence-corrected chi connectivity index (χ2v) is 6.04. The molecule has 0 radical (unpaired) electrons. The minimum absolute atomic E-state index is 0.0838. The zero-order chi connectivity index (χ0) is 15.4. The van der Waals surface area contributed by atoms with Crippen molar-refractivity contribution in [2.24, 2.45) is 0 Å². The number of nitrogens with zero attached hydrogens (tertiary/aromatic N) is 3. The molecule has 0 aliphatic carbocycles. The van der Waals surface area contributed by atoms with Crippen LogP contribution in [0.25, 0.3) is 0 Å². The lowest BCUT2D eigenvalue weighted by atomic mass is 10.2. The van der Waals surface area contributed by atoms with Gasteiger partial charge in [-0.3, -0.25) is 0 Å². The largest absolute Gasteiger partial charge is 0.368 e. The highest BCUT2D eigenvalue weighted by molar-refractivity contribution is 7.99. The maximum Gasteiger partial charge on any atom is 0.222 e. The van der Waals surface area contributed by atoms with E-state index in [-0.39, 0.29) is 17.5 Å². The van der Waals surface area contributed by atoms with Crippen LogP contribution < -0.4 is 5.73 Å². The smallest absolute Gasteiger partial charge is 0.222 e. The summed E-state index contributed by atoms with van der Waals surface area (Å²) in [6.07, 6.45) is 1.80. The van der Waals surface area contributed by atoms with Gasteiger partial charge in [0, 0.05) is 16.3 Å². The Hall–Kier alpha value is -1.49. The third-order valence-corrected chi connectivity index (χ3v) is 4.62. The van der Waals surface area contributed by atoms with Crippen LogP contribution in [-0.4, -0.2) is 16.2 Å². The van der Waals surface area contributed by atoms with Crippen LogP contribution in [0.3, 0.4) is 0 Å². The van der Waals surface area contributed by atoms with Gasteiger partial charge in [0.15, 0.2) is 0 Å². The van der Waals surface area contributed by atoms with Gasteiger partial charge in [0.05, 0.1) is 0 Å². The summed E-state index contributed by atoms with van der Waals surface area (Å²) in [7, 11) is 0. The van der Waals surface area contributed by atoms with E-state index >= 15 is 0 Å². The van der Waals surface area contributed by atoms with Gasteiger partial charge in [-0.25, -0.2) is 14.4 Å². The molecule has 0 spiro atoms. The summed E-state index contributed by atoms with van der Waals surface area (Å²) in [5.74, 6) is -0.0501. The fraction of sp³-hybridized carbons (Fsp3) is 0.154. The Morgan fingerprint density at radius 2 is 2.10 bits per heavy atom. The molecule has 1 aromatic carbocycles. The highest BCUT2D eigenvalue weighted by Gasteiger charge is 2.15. The first-order valence-corrected chi connectivity index (χ1v) is 8.33. The van der Waals surface area contributed by atoms with Crippen molar-refractivity contribution in [3.63, 3.8) is 0 Å². The maximum absolute atomic E-state index is 13.7. The molecule has 0 saturated carbocycles. The number of aromatic nitrogens is 2. The molecule has 0 atom stereocenters. The van der Waals surface area contributed by atoms with Crippen molar-refractivity contribution in [3.8, 4) is 6.07 Å². The molecular weight excluding hydrogens is 331 g/mol. The van der Waals surface area contributed by atoms with Gasteiger partial charge < -0.3 is 5.73 Å². The molecule has 0 fully saturated rings. The summed E-state index contributed by atoms with van der Waals surface area (Å²) in [6.45, 7) is 0. The summed E-state index contributed by atoms with van der Waals surface area (Å²) in [4.78, 5) is 8.06. The SMILES string of the molecule is CSc1nc(N)nc(SCc2c(F)cccc2Cl)c1C#N. The molecule has 1 aromatic heterocycles. The van der Waals surface area contributed by atoms with E-state index < -0.39 is 0 Å². The molecule has 2 N–H and O–H groups in total. The van der Waals surface area contributed by atoms with Crippen LogP contribution in [0.4, 0.5) is 10.3 Å². The van der Waals surface area contributed by atoms with Crippen LogP contribution in [-0.2, 0) is 5.75 Å². The van der Waals surface area contributed by atoms with Gasteiger partial charge >= 0.3 is 0 Å². The van der Waals surface area contributed by atoms with Crippen molar-refractivity contribution in [3.05, 3.63) is 40.2 Å². The van der Waals surface area contributed by atoms with Crippen LogP contribution in [0.1, 0.15) is 11.1 Å². The number of rotatable bonds is 4. The van der Waals surface area contributed by atoms with Crippen LogP contribution in [0.2, 0.25) is 5.02 Å². The first kappa shape index (κ1) is 15.9. The summed E-state index contributed by atoms with van der Waals surface area (Å²) in [6, 6.07) is 6.56. The summed E-state index contributed by atoms with van der Waals surface area (Å²) in [5, 5.41) is 10.5. The third kappa shape index (κ3) is 3.59. The van der Waals surface area contributed by atoms with Crippen LogP contribution in [0, 0.1) is 17.1 Å². The Balaban J connectivity index is 2.32. The van der Waals surface area contributed by atoms with Gasteiger partial charge in [-0.2, -0.15) is 5.26 Å². The van der Waals surface area contributed by atoms with Crippen LogP contribution >= 0.6 is 35.1 Å². The predicted molar refractivity (Wildman–Crippen MR) is 83.9 cm³/mol. The minimum Gasteiger partial charge on any atom is -0.368 e. The fourth-order valence-electron chi connectivity index (χ4n) is 1.59. The van der Waals surface area contributed by atoms with Crippen LogP contribution in [0.5, 0.6) is 0 Å². The van der Waals surface area contributed by atoms with Gasteiger partial charge in [-0.15, -0.1) is 11.8 Å². The predicted octanol–water partition coefficient (Wildman–Crippen LogP) is 3.74. The van der Waals surface area contributed by atoms with E-state index in [1.807, 2.05) is 0 Å². The number of anilines is 1. The first-order valence-electron chi connectivity index (χ1n) is 5.74. The number of hydrogen-bond acceptors (Lipinski definition) is 6. The van der Waals surface area contributed by atoms with Crippen molar-refractivity contribution in [1.29, 1.82) is 5.26 Å². The number of nitrogens with two attached hydrogens (primary N) is 1. The zero-order valence-corrected chi connectivity index (χ0v) is 13.3. The number of thioether (sulfide) groups is 2. The number of nitrogen functional groups attached to an aromatic ring is 1. The van der Waals surface area contributed by atoms with Gasteiger partial charge in [0.2, 0.25) is 5.95 Å². The van der Waals surface area contributed by atoms with E-state index in [1.165, 1.54) is 29.6 Å². The Morgan fingerprint density at radius 3 is 2.71 bits per heavy atom. The molecule has 8 heteroatoms. The molecule has 0 bridgehead atoms. The average molecular weight is 341 g/mol. The van der Waals surface area contributed by atoms with E-state index in [2.05, 4.69) is 16.0 Å². The topological polar surface area (TPSA) is 75.6 Å². The number of benzene rings is 1. The molecule has 21 heavy (non-hydrogen) atoms. The average Bonchev–Trinajstić information content (AvgIpc) is 2.46.